The first-order chi connectivity index (χ1) is 5.66. The number of rotatable bonds is 3. The lowest BCUT2D eigenvalue weighted by Gasteiger charge is -2.09. The van der Waals surface area contributed by atoms with Gasteiger partial charge in [-0.1, -0.05) is 0 Å². The van der Waals surface area contributed by atoms with Crippen molar-refractivity contribution in [1.82, 2.24) is 9.55 Å². The van der Waals surface area contributed by atoms with Crippen LogP contribution in [-0.2, 0) is 0 Å². The number of Topliss-reactive ketones (excluding diaryl/α,β-unsaturated/α-hetero) is 1. The van der Waals surface area contributed by atoms with Gasteiger partial charge in [-0.15, -0.1) is 0 Å². The van der Waals surface area contributed by atoms with Crippen LogP contribution in [0.4, 0.5) is 0 Å². The molecule has 0 aliphatic rings. The minimum Gasteiger partial charge on any atom is -0.326 e. The summed E-state index contributed by atoms with van der Waals surface area (Å²) in [7, 11) is 0. The maximum atomic E-state index is 11.2. The molecule has 0 aliphatic carbocycles. The zero-order valence-corrected chi connectivity index (χ0v) is 7.32. The van der Waals surface area contributed by atoms with Crippen molar-refractivity contribution in [2.24, 2.45) is 5.73 Å². The Morgan fingerprint density at radius 1 is 1.75 bits per heavy atom. The summed E-state index contributed by atoms with van der Waals surface area (Å²) in [5.41, 5.74) is 5.83. The zero-order chi connectivity index (χ0) is 9.14. The standard InChI is InChI=1S/C8H13N3O/c1-6(2)11-5-10-4-7(11)8(12)3-9/h4-6H,3,9H2,1-2H3. The summed E-state index contributed by atoms with van der Waals surface area (Å²) < 4.78 is 1.81. The van der Waals surface area contributed by atoms with Gasteiger partial charge in [0.2, 0.25) is 0 Å². The average molecular weight is 167 g/mol. The molecule has 0 amide bonds. The Morgan fingerprint density at radius 3 is 2.92 bits per heavy atom. The van der Waals surface area contributed by atoms with E-state index in [2.05, 4.69) is 4.98 Å². The van der Waals surface area contributed by atoms with Gasteiger partial charge in [0.15, 0.2) is 5.78 Å². The first-order valence-corrected chi connectivity index (χ1v) is 3.92. The van der Waals surface area contributed by atoms with Crippen LogP contribution >= 0.6 is 0 Å². The van der Waals surface area contributed by atoms with Gasteiger partial charge in [-0.2, -0.15) is 0 Å². The van der Waals surface area contributed by atoms with Crippen LogP contribution in [-0.4, -0.2) is 21.9 Å². The van der Waals surface area contributed by atoms with Gasteiger partial charge in [-0.25, -0.2) is 4.98 Å². The van der Waals surface area contributed by atoms with Crippen molar-refractivity contribution < 1.29 is 4.79 Å². The Kier molecular flexibility index (Phi) is 2.60. The van der Waals surface area contributed by atoms with E-state index in [-0.39, 0.29) is 18.4 Å². The Hall–Kier alpha value is -1.16. The van der Waals surface area contributed by atoms with Crippen molar-refractivity contribution in [3.05, 3.63) is 18.2 Å². The molecule has 4 nitrogen and oxygen atoms in total. The molecule has 0 saturated heterocycles. The van der Waals surface area contributed by atoms with Crippen molar-refractivity contribution in [1.29, 1.82) is 0 Å². The molecule has 1 rings (SSSR count). The van der Waals surface area contributed by atoms with E-state index in [9.17, 15) is 4.79 Å². The van der Waals surface area contributed by atoms with Crippen LogP contribution < -0.4 is 5.73 Å². The van der Waals surface area contributed by atoms with Crippen molar-refractivity contribution >= 4 is 5.78 Å². The highest BCUT2D eigenvalue weighted by Crippen LogP contribution is 2.08. The van der Waals surface area contributed by atoms with Crippen LogP contribution in [0.5, 0.6) is 0 Å². The quantitative estimate of drug-likeness (QED) is 0.671. The molecule has 2 N–H and O–H groups in total. The van der Waals surface area contributed by atoms with E-state index in [4.69, 9.17) is 5.73 Å². The molecule has 1 aromatic heterocycles. The van der Waals surface area contributed by atoms with E-state index in [1.807, 2.05) is 18.4 Å². The number of ketones is 1. The second-order valence-electron chi connectivity index (χ2n) is 2.91. The molecule has 0 atom stereocenters. The van der Waals surface area contributed by atoms with Gasteiger partial charge in [-0.05, 0) is 13.8 Å². The van der Waals surface area contributed by atoms with E-state index >= 15 is 0 Å². The van der Waals surface area contributed by atoms with E-state index in [0.29, 0.717) is 5.69 Å². The molecule has 0 spiro atoms. The number of nitrogens with two attached hydrogens (primary N) is 1. The van der Waals surface area contributed by atoms with Crippen molar-refractivity contribution in [2.45, 2.75) is 19.9 Å². The predicted molar refractivity (Wildman–Crippen MR) is 46.0 cm³/mol. The molecule has 0 fully saturated rings. The second kappa shape index (κ2) is 3.49. The fourth-order valence-electron chi connectivity index (χ4n) is 1.04. The summed E-state index contributed by atoms with van der Waals surface area (Å²) in [5.74, 6) is -0.0683. The lowest BCUT2D eigenvalue weighted by atomic mass is 10.3. The number of carbonyl (C=O) groups is 1. The minimum atomic E-state index is -0.0683. The van der Waals surface area contributed by atoms with Gasteiger partial charge < -0.3 is 10.3 Å². The SMILES string of the molecule is CC(C)n1cncc1C(=O)CN. The van der Waals surface area contributed by atoms with E-state index in [0.717, 1.165) is 0 Å². The maximum Gasteiger partial charge on any atom is 0.194 e. The molecule has 1 aromatic rings. The maximum absolute atomic E-state index is 11.2. The fourth-order valence-corrected chi connectivity index (χ4v) is 1.04. The van der Waals surface area contributed by atoms with Gasteiger partial charge in [0, 0.05) is 6.04 Å². The van der Waals surface area contributed by atoms with E-state index < -0.39 is 0 Å². The summed E-state index contributed by atoms with van der Waals surface area (Å²) in [4.78, 5) is 15.1. The lowest BCUT2D eigenvalue weighted by molar-refractivity contribution is 0.0991. The second-order valence-corrected chi connectivity index (χ2v) is 2.91. The smallest absolute Gasteiger partial charge is 0.194 e. The normalized spacial score (nSPS) is 10.7. The molecule has 0 radical (unpaired) electrons. The van der Waals surface area contributed by atoms with Crippen molar-refractivity contribution in [2.75, 3.05) is 6.54 Å². The van der Waals surface area contributed by atoms with Gasteiger partial charge in [0.1, 0.15) is 5.69 Å². The summed E-state index contributed by atoms with van der Waals surface area (Å²) in [6, 6.07) is 0.248. The third kappa shape index (κ3) is 1.53. The van der Waals surface area contributed by atoms with Crippen LogP contribution in [0.3, 0.4) is 0 Å². The topological polar surface area (TPSA) is 60.9 Å². The van der Waals surface area contributed by atoms with E-state index in [1.54, 1.807) is 12.5 Å². The number of carbonyl (C=O) groups excluding carboxylic acids is 1. The molecule has 0 saturated carbocycles. The lowest BCUT2D eigenvalue weighted by Crippen LogP contribution is -2.18. The third-order valence-electron chi connectivity index (χ3n) is 1.69. The van der Waals surface area contributed by atoms with Crippen LogP contribution in [0.2, 0.25) is 0 Å². The van der Waals surface area contributed by atoms with E-state index in [1.165, 1.54) is 0 Å². The largest absolute Gasteiger partial charge is 0.326 e. The Morgan fingerprint density at radius 2 is 2.42 bits per heavy atom. The summed E-state index contributed by atoms with van der Waals surface area (Å²) in [6.45, 7) is 4.03. The van der Waals surface area contributed by atoms with Gasteiger partial charge >= 0.3 is 0 Å². The van der Waals surface area contributed by atoms with Crippen LogP contribution in [0.1, 0.15) is 30.4 Å². The Bertz CT molecular complexity index is 278. The summed E-state index contributed by atoms with van der Waals surface area (Å²) >= 11 is 0. The third-order valence-corrected chi connectivity index (χ3v) is 1.69. The first-order valence-electron chi connectivity index (χ1n) is 3.92. The molecule has 66 valence electrons. The highest BCUT2D eigenvalue weighted by Gasteiger charge is 2.11. The highest BCUT2D eigenvalue weighted by atomic mass is 16.1. The molecule has 0 bridgehead atoms. The molecular weight excluding hydrogens is 154 g/mol. The summed E-state index contributed by atoms with van der Waals surface area (Å²) in [6.07, 6.45) is 3.20. The monoisotopic (exact) mass is 167 g/mol. The zero-order valence-electron chi connectivity index (χ0n) is 7.32. The fraction of sp³-hybridized carbons (Fsp3) is 0.500. The molecule has 1 heterocycles. The molecule has 0 unspecified atom stereocenters. The number of aromatic nitrogens is 2. The first kappa shape index (κ1) is 8.93. The predicted octanol–water partition coefficient (Wildman–Crippen LogP) is 0.605. The molecule has 0 aliphatic heterocycles. The van der Waals surface area contributed by atoms with Gasteiger partial charge in [0.05, 0.1) is 19.1 Å². The highest BCUT2D eigenvalue weighted by molar-refractivity contribution is 5.95. The average Bonchev–Trinajstić information content (AvgIpc) is 2.50. The number of nitrogens with zero attached hydrogens (tertiary/aromatic N) is 2. The van der Waals surface area contributed by atoms with Crippen LogP contribution in [0.15, 0.2) is 12.5 Å². The summed E-state index contributed by atoms with van der Waals surface area (Å²) in [5, 5.41) is 0. The van der Waals surface area contributed by atoms with Crippen molar-refractivity contribution in [3.8, 4) is 0 Å². The molecule has 0 aromatic carbocycles. The van der Waals surface area contributed by atoms with Gasteiger partial charge in [-0.3, -0.25) is 4.79 Å². The minimum absolute atomic E-state index is 0.0401. The number of hydrogen-bond donors (Lipinski definition) is 1. The van der Waals surface area contributed by atoms with Crippen LogP contribution in [0.25, 0.3) is 0 Å². The molecule has 12 heavy (non-hydrogen) atoms. The van der Waals surface area contributed by atoms with Crippen molar-refractivity contribution in [3.63, 3.8) is 0 Å². The van der Waals surface area contributed by atoms with Gasteiger partial charge in [0.25, 0.3) is 0 Å². The molecular formula is C8H13N3O. The van der Waals surface area contributed by atoms with Crippen LogP contribution in [0, 0.1) is 0 Å². The molecule has 4 heteroatoms. The number of imidazole rings is 1. The Balaban J connectivity index is 2.99. The number of hydrogen-bond acceptors (Lipinski definition) is 3. The Labute approximate surface area is 71.4 Å².